The average Bonchev–Trinajstić information content (AvgIpc) is 2.48. The zero-order valence-electron chi connectivity index (χ0n) is 12.2. The number of rotatable bonds is 4. The van der Waals surface area contributed by atoms with E-state index in [1.54, 1.807) is 19.2 Å². The van der Waals surface area contributed by atoms with E-state index in [2.05, 4.69) is 0 Å². The number of benzene rings is 2. The van der Waals surface area contributed by atoms with Crippen LogP contribution in [0.4, 0.5) is 0 Å². The highest BCUT2D eigenvalue weighted by atomic mass is 35.5. The summed E-state index contributed by atoms with van der Waals surface area (Å²) in [5, 5.41) is 5.68. The molecular weight excluding hydrogens is 359 g/mol. The van der Waals surface area contributed by atoms with Crippen molar-refractivity contribution in [3.8, 4) is 0 Å². The van der Waals surface area contributed by atoms with Gasteiger partial charge in [0.25, 0.3) is 5.91 Å². The summed E-state index contributed by atoms with van der Waals surface area (Å²) in [6, 6.07) is 11.1. The summed E-state index contributed by atoms with van der Waals surface area (Å²) in [6.45, 7) is 0.351. The van der Waals surface area contributed by atoms with Crippen molar-refractivity contribution < 1.29 is 13.2 Å². The maximum absolute atomic E-state index is 12.4. The Kier molecular flexibility index (Phi) is 5.31. The van der Waals surface area contributed by atoms with Crippen LogP contribution in [0.2, 0.25) is 10.0 Å². The molecule has 0 aliphatic carbocycles. The molecule has 0 atom stereocenters. The Labute approximate surface area is 144 Å². The number of carbonyl (C=O) groups is 1. The zero-order chi connectivity index (χ0) is 17.2. The van der Waals surface area contributed by atoms with Crippen LogP contribution in [0.25, 0.3) is 0 Å². The lowest BCUT2D eigenvalue weighted by atomic mass is 10.1. The van der Waals surface area contributed by atoms with Crippen molar-refractivity contribution in [1.29, 1.82) is 0 Å². The van der Waals surface area contributed by atoms with E-state index in [0.717, 1.165) is 5.56 Å². The van der Waals surface area contributed by atoms with Crippen LogP contribution in [0.15, 0.2) is 47.4 Å². The van der Waals surface area contributed by atoms with E-state index in [1.165, 1.54) is 23.1 Å². The minimum absolute atomic E-state index is 0.0237. The fourth-order valence-electron chi connectivity index (χ4n) is 2.01. The minimum Gasteiger partial charge on any atom is -0.337 e. The summed E-state index contributed by atoms with van der Waals surface area (Å²) in [5.41, 5.74) is 1.08. The summed E-state index contributed by atoms with van der Waals surface area (Å²) in [6.07, 6.45) is 0. The summed E-state index contributed by atoms with van der Waals surface area (Å²) >= 11 is 11.6. The highest BCUT2D eigenvalue weighted by Crippen LogP contribution is 2.22. The molecule has 0 unspecified atom stereocenters. The second-order valence-corrected chi connectivity index (χ2v) is 7.35. The highest BCUT2D eigenvalue weighted by Gasteiger charge is 2.18. The van der Waals surface area contributed by atoms with Gasteiger partial charge in [-0.1, -0.05) is 35.3 Å². The smallest absolute Gasteiger partial charge is 0.253 e. The van der Waals surface area contributed by atoms with Crippen molar-refractivity contribution in [2.45, 2.75) is 11.4 Å². The van der Waals surface area contributed by atoms with Crippen molar-refractivity contribution in [3.63, 3.8) is 0 Å². The molecule has 0 bridgehead atoms. The number of nitrogens with two attached hydrogens (primary N) is 1. The maximum Gasteiger partial charge on any atom is 0.253 e. The number of halogens is 2. The van der Waals surface area contributed by atoms with Crippen LogP contribution >= 0.6 is 23.2 Å². The van der Waals surface area contributed by atoms with E-state index >= 15 is 0 Å². The number of carbonyl (C=O) groups excluding carboxylic acids is 1. The predicted molar refractivity (Wildman–Crippen MR) is 90.1 cm³/mol. The molecule has 0 saturated carbocycles. The first-order valence-corrected chi connectivity index (χ1v) is 8.81. The number of hydrogen-bond acceptors (Lipinski definition) is 3. The highest BCUT2D eigenvalue weighted by molar-refractivity contribution is 7.89. The molecule has 0 spiro atoms. The first kappa shape index (κ1) is 17.7. The largest absolute Gasteiger partial charge is 0.337 e. The van der Waals surface area contributed by atoms with Gasteiger partial charge in [-0.2, -0.15) is 0 Å². The van der Waals surface area contributed by atoms with Crippen LogP contribution in [-0.2, 0) is 16.6 Å². The Balaban J connectivity index is 2.24. The van der Waals surface area contributed by atoms with Crippen molar-refractivity contribution in [3.05, 3.63) is 63.6 Å². The van der Waals surface area contributed by atoms with Crippen molar-refractivity contribution in [2.75, 3.05) is 7.05 Å². The Morgan fingerprint density at radius 1 is 1.13 bits per heavy atom. The van der Waals surface area contributed by atoms with Crippen LogP contribution in [-0.4, -0.2) is 26.3 Å². The molecule has 0 fully saturated rings. The Hall–Kier alpha value is -1.60. The van der Waals surface area contributed by atoms with Crippen molar-refractivity contribution >= 4 is 39.1 Å². The van der Waals surface area contributed by atoms with Crippen LogP contribution in [0.5, 0.6) is 0 Å². The summed E-state index contributed by atoms with van der Waals surface area (Å²) < 4.78 is 23.0. The molecule has 0 heterocycles. The predicted octanol–water partition coefficient (Wildman–Crippen LogP) is 2.91. The van der Waals surface area contributed by atoms with Gasteiger partial charge in [0.2, 0.25) is 10.0 Å². The molecular formula is C15H14Cl2N2O3S. The van der Waals surface area contributed by atoms with E-state index in [-0.39, 0.29) is 21.4 Å². The van der Waals surface area contributed by atoms with Gasteiger partial charge in [-0.15, -0.1) is 0 Å². The summed E-state index contributed by atoms with van der Waals surface area (Å²) in [4.78, 5) is 13.6. The molecule has 5 nitrogen and oxygen atoms in total. The number of primary sulfonamides is 1. The van der Waals surface area contributed by atoms with E-state index in [0.29, 0.717) is 11.6 Å². The average molecular weight is 373 g/mol. The second-order valence-electron chi connectivity index (χ2n) is 4.98. The molecule has 122 valence electrons. The maximum atomic E-state index is 12.4. The van der Waals surface area contributed by atoms with E-state index in [9.17, 15) is 13.2 Å². The van der Waals surface area contributed by atoms with Crippen LogP contribution in [0.3, 0.4) is 0 Å². The van der Waals surface area contributed by atoms with E-state index < -0.39 is 10.0 Å². The lowest BCUT2D eigenvalue weighted by Gasteiger charge is -2.18. The number of amides is 1. The third-order valence-electron chi connectivity index (χ3n) is 3.16. The molecule has 0 aliphatic rings. The van der Waals surface area contributed by atoms with Crippen LogP contribution in [0, 0.1) is 0 Å². The van der Waals surface area contributed by atoms with Gasteiger partial charge in [-0.25, -0.2) is 13.6 Å². The molecule has 23 heavy (non-hydrogen) atoms. The van der Waals surface area contributed by atoms with Gasteiger partial charge in [0.15, 0.2) is 0 Å². The molecule has 2 rings (SSSR count). The molecule has 0 aliphatic heterocycles. The van der Waals surface area contributed by atoms with Crippen molar-refractivity contribution in [1.82, 2.24) is 4.90 Å². The molecule has 2 aromatic rings. The third kappa shape index (κ3) is 4.45. The quantitative estimate of drug-likeness (QED) is 0.895. The first-order chi connectivity index (χ1) is 10.7. The van der Waals surface area contributed by atoms with Gasteiger partial charge in [0, 0.05) is 24.2 Å². The second kappa shape index (κ2) is 6.88. The topological polar surface area (TPSA) is 80.5 Å². The standard InChI is InChI=1S/C15H14Cl2N2O3S/c1-19(9-10-2-5-12(16)6-3-10)15(20)11-4-7-13(17)14(8-11)23(18,21)22/h2-8H,9H2,1H3,(H2,18,21,22). The third-order valence-corrected chi connectivity index (χ3v) is 4.81. The zero-order valence-corrected chi connectivity index (χ0v) is 14.5. The number of hydrogen-bond donors (Lipinski definition) is 1. The van der Waals surface area contributed by atoms with Gasteiger partial charge in [0.1, 0.15) is 4.90 Å². The summed E-state index contributed by atoms with van der Waals surface area (Å²) in [7, 11) is -2.38. The molecule has 8 heteroatoms. The van der Waals surface area contributed by atoms with Crippen LogP contribution in [0.1, 0.15) is 15.9 Å². The number of nitrogens with zero attached hydrogens (tertiary/aromatic N) is 1. The Bertz CT molecular complexity index is 836. The van der Waals surface area contributed by atoms with Crippen molar-refractivity contribution in [2.24, 2.45) is 5.14 Å². The Morgan fingerprint density at radius 2 is 1.74 bits per heavy atom. The SMILES string of the molecule is CN(Cc1ccc(Cl)cc1)C(=O)c1ccc(Cl)c(S(N)(=O)=O)c1. The normalized spacial score (nSPS) is 11.3. The number of sulfonamides is 1. The van der Waals surface area contributed by atoms with Gasteiger partial charge in [0.05, 0.1) is 5.02 Å². The molecule has 0 saturated heterocycles. The first-order valence-electron chi connectivity index (χ1n) is 6.51. The van der Waals surface area contributed by atoms with Gasteiger partial charge < -0.3 is 4.90 Å². The molecule has 2 N–H and O–H groups in total. The van der Waals surface area contributed by atoms with E-state index in [1.807, 2.05) is 12.1 Å². The summed E-state index contributed by atoms with van der Waals surface area (Å²) in [5.74, 6) is -0.346. The molecule has 2 aromatic carbocycles. The van der Waals surface area contributed by atoms with Gasteiger partial charge >= 0.3 is 0 Å². The Morgan fingerprint density at radius 3 is 2.30 bits per heavy atom. The van der Waals surface area contributed by atoms with E-state index in [4.69, 9.17) is 28.3 Å². The van der Waals surface area contributed by atoms with Crippen LogP contribution < -0.4 is 5.14 Å². The monoisotopic (exact) mass is 372 g/mol. The van der Waals surface area contributed by atoms with Gasteiger partial charge in [-0.05, 0) is 35.9 Å². The molecule has 0 radical (unpaired) electrons. The fraction of sp³-hybridized carbons (Fsp3) is 0.133. The fourth-order valence-corrected chi connectivity index (χ4v) is 3.21. The molecule has 0 aromatic heterocycles. The lowest BCUT2D eigenvalue weighted by Crippen LogP contribution is -2.26. The lowest BCUT2D eigenvalue weighted by molar-refractivity contribution is 0.0785. The molecule has 1 amide bonds. The van der Waals surface area contributed by atoms with Gasteiger partial charge in [-0.3, -0.25) is 4.79 Å². The minimum atomic E-state index is -4.00.